The van der Waals surface area contributed by atoms with E-state index >= 15 is 0 Å². The Hall–Kier alpha value is -2.52. The Morgan fingerprint density at radius 2 is 1.86 bits per heavy atom. The number of amides is 1. The van der Waals surface area contributed by atoms with Crippen LogP contribution in [-0.4, -0.2) is 49.5 Å². The van der Waals surface area contributed by atoms with Crippen molar-refractivity contribution in [3.63, 3.8) is 0 Å². The highest BCUT2D eigenvalue weighted by Crippen LogP contribution is 2.38. The molecule has 1 amide bonds. The molecule has 6 nitrogen and oxygen atoms in total. The second-order valence-corrected chi connectivity index (χ2v) is 8.58. The fourth-order valence-corrected chi connectivity index (χ4v) is 4.53. The Labute approximate surface area is 167 Å². The molecule has 0 aliphatic carbocycles. The van der Waals surface area contributed by atoms with Crippen LogP contribution in [0.3, 0.4) is 0 Å². The first-order valence-corrected chi connectivity index (χ1v) is 10.9. The molecular weight excluding hydrogens is 404 g/mol. The molecule has 2 unspecified atom stereocenters. The van der Waals surface area contributed by atoms with E-state index in [-0.39, 0.29) is 12.1 Å². The largest absolute Gasteiger partial charge is 0.465 e. The van der Waals surface area contributed by atoms with Crippen LogP contribution in [0.15, 0.2) is 48.5 Å². The number of hydrogen-bond donors (Lipinski definition) is 1. The molecule has 3 rings (SSSR count). The minimum absolute atomic E-state index is 0.0953. The highest BCUT2D eigenvalue weighted by atomic mass is 32.2. The maximum absolute atomic E-state index is 14.8. The van der Waals surface area contributed by atoms with Crippen LogP contribution in [0.4, 0.5) is 13.6 Å². The Balaban J connectivity index is 2.20. The predicted octanol–water partition coefficient (Wildman–Crippen LogP) is 3.58. The van der Waals surface area contributed by atoms with Gasteiger partial charge in [0.15, 0.2) is 11.6 Å². The van der Waals surface area contributed by atoms with Gasteiger partial charge in [0.05, 0.1) is 12.3 Å². The molecule has 1 N–H and O–H groups in total. The smallest absolute Gasteiger partial charge is 0.407 e. The Morgan fingerprint density at radius 1 is 1.17 bits per heavy atom. The Kier molecular flexibility index (Phi) is 6.18. The van der Waals surface area contributed by atoms with Crippen molar-refractivity contribution in [3.05, 3.63) is 71.3 Å². The fraction of sp³-hybridized carbons (Fsp3) is 0.350. The van der Waals surface area contributed by atoms with Crippen LogP contribution >= 0.6 is 0 Å². The zero-order chi connectivity index (χ0) is 21.2. The summed E-state index contributed by atoms with van der Waals surface area (Å²) in [6.07, 6.45) is -0.784. The number of hydrogen-bond acceptors (Lipinski definition) is 4. The molecule has 0 spiro atoms. The van der Waals surface area contributed by atoms with E-state index in [4.69, 9.17) is 4.18 Å². The van der Waals surface area contributed by atoms with Gasteiger partial charge in [-0.3, -0.25) is 4.18 Å². The summed E-state index contributed by atoms with van der Waals surface area (Å²) in [6.45, 7) is 0.205. The van der Waals surface area contributed by atoms with Crippen molar-refractivity contribution in [1.82, 2.24) is 4.90 Å². The minimum atomic E-state index is -4.03. The third-order valence-electron chi connectivity index (χ3n) is 5.01. The lowest BCUT2D eigenvalue weighted by Crippen LogP contribution is -2.47. The van der Waals surface area contributed by atoms with Gasteiger partial charge in [0.25, 0.3) is 10.1 Å². The average Bonchev–Trinajstić information content (AvgIpc) is 3.14. The monoisotopic (exact) mass is 425 g/mol. The van der Waals surface area contributed by atoms with Crippen LogP contribution in [-0.2, 0) is 14.3 Å². The van der Waals surface area contributed by atoms with Gasteiger partial charge in [-0.2, -0.15) is 8.42 Å². The van der Waals surface area contributed by atoms with E-state index in [0.717, 1.165) is 17.2 Å². The van der Waals surface area contributed by atoms with Gasteiger partial charge in [-0.05, 0) is 24.5 Å². The third-order valence-corrected chi connectivity index (χ3v) is 5.59. The Morgan fingerprint density at radius 3 is 2.48 bits per heavy atom. The molecule has 1 heterocycles. The number of benzene rings is 2. The molecule has 156 valence electrons. The van der Waals surface area contributed by atoms with E-state index in [9.17, 15) is 27.1 Å². The lowest BCUT2D eigenvalue weighted by Gasteiger charge is -2.35. The summed E-state index contributed by atoms with van der Waals surface area (Å²) in [6, 6.07) is 11.2. The number of nitrogens with zero attached hydrogens (tertiary/aromatic N) is 1. The molecule has 0 aromatic heterocycles. The zero-order valence-corrected chi connectivity index (χ0v) is 16.5. The van der Waals surface area contributed by atoms with E-state index in [1.165, 1.54) is 12.1 Å². The molecule has 9 heteroatoms. The predicted molar refractivity (Wildman–Crippen MR) is 102 cm³/mol. The first-order valence-electron chi connectivity index (χ1n) is 9.05. The molecular formula is C20H21F2NO5S. The SMILES string of the molecule is CS(=O)(=O)OC(C(c1ccccc1)c1cccc(F)c1F)[C@H]1CCCN1C(=O)O. The van der Waals surface area contributed by atoms with Crippen molar-refractivity contribution >= 4 is 16.2 Å². The van der Waals surface area contributed by atoms with Gasteiger partial charge in [-0.15, -0.1) is 0 Å². The van der Waals surface area contributed by atoms with Crippen LogP contribution in [0.2, 0.25) is 0 Å². The first kappa shape index (κ1) is 21.2. The standard InChI is InChI=1S/C20H21F2NO5S/c1-29(26,27)28-19(16-11-6-12-23(16)20(24)25)17(13-7-3-2-4-8-13)14-9-5-10-15(21)18(14)22/h2-5,7-10,16-17,19H,6,11-12H2,1H3,(H,24,25)/t16-,17?,19?/m1/s1. The quantitative estimate of drug-likeness (QED) is 0.715. The molecule has 0 bridgehead atoms. The van der Waals surface area contributed by atoms with Crippen molar-refractivity contribution in [2.45, 2.75) is 30.9 Å². The molecule has 0 radical (unpaired) electrons. The number of carboxylic acid groups (broad SMARTS) is 1. The molecule has 1 saturated heterocycles. The number of halogens is 2. The van der Waals surface area contributed by atoms with Crippen molar-refractivity contribution in [3.8, 4) is 0 Å². The molecule has 29 heavy (non-hydrogen) atoms. The van der Waals surface area contributed by atoms with Crippen LogP contribution in [0.1, 0.15) is 29.9 Å². The summed E-state index contributed by atoms with van der Waals surface area (Å²) in [7, 11) is -4.03. The van der Waals surface area contributed by atoms with Crippen molar-refractivity contribution < 1.29 is 31.3 Å². The summed E-state index contributed by atoms with van der Waals surface area (Å²) >= 11 is 0. The van der Waals surface area contributed by atoms with E-state index < -0.39 is 45.9 Å². The van der Waals surface area contributed by atoms with Crippen molar-refractivity contribution in [2.24, 2.45) is 0 Å². The van der Waals surface area contributed by atoms with Crippen molar-refractivity contribution in [1.29, 1.82) is 0 Å². The summed E-state index contributed by atoms with van der Waals surface area (Å²) < 4.78 is 58.2. The van der Waals surface area contributed by atoms with Gasteiger partial charge in [0, 0.05) is 18.0 Å². The molecule has 1 aliphatic heterocycles. The molecule has 0 saturated carbocycles. The lowest BCUT2D eigenvalue weighted by molar-refractivity contribution is 0.0771. The van der Waals surface area contributed by atoms with Crippen LogP contribution < -0.4 is 0 Å². The van der Waals surface area contributed by atoms with Gasteiger partial charge >= 0.3 is 6.09 Å². The number of rotatable bonds is 6. The molecule has 1 aliphatic rings. The first-order chi connectivity index (χ1) is 13.7. The normalized spacial score (nSPS) is 19.1. The summed E-state index contributed by atoms with van der Waals surface area (Å²) in [5.74, 6) is -3.24. The highest BCUT2D eigenvalue weighted by Gasteiger charge is 2.43. The van der Waals surface area contributed by atoms with Gasteiger partial charge in [0.2, 0.25) is 0 Å². The van der Waals surface area contributed by atoms with Gasteiger partial charge < -0.3 is 10.0 Å². The van der Waals surface area contributed by atoms with Crippen LogP contribution in [0, 0.1) is 11.6 Å². The average molecular weight is 425 g/mol. The second-order valence-electron chi connectivity index (χ2n) is 6.98. The summed E-state index contributed by atoms with van der Waals surface area (Å²) in [4.78, 5) is 12.8. The lowest BCUT2D eigenvalue weighted by atomic mass is 9.82. The minimum Gasteiger partial charge on any atom is -0.465 e. The molecule has 2 aromatic carbocycles. The number of carbonyl (C=O) groups is 1. The second kappa shape index (κ2) is 8.46. The van der Waals surface area contributed by atoms with E-state index in [2.05, 4.69) is 0 Å². The van der Waals surface area contributed by atoms with Gasteiger partial charge in [0.1, 0.15) is 6.10 Å². The fourth-order valence-electron chi connectivity index (χ4n) is 3.88. The van der Waals surface area contributed by atoms with Crippen LogP contribution in [0.5, 0.6) is 0 Å². The topological polar surface area (TPSA) is 83.9 Å². The maximum atomic E-state index is 14.8. The third kappa shape index (κ3) is 4.73. The van der Waals surface area contributed by atoms with Crippen LogP contribution in [0.25, 0.3) is 0 Å². The Bertz CT molecular complexity index is 984. The number of likely N-dealkylation sites (tertiary alicyclic amines) is 1. The van der Waals surface area contributed by atoms with E-state index in [0.29, 0.717) is 18.4 Å². The van der Waals surface area contributed by atoms with E-state index in [1.54, 1.807) is 30.3 Å². The molecule has 2 aromatic rings. The maximum Gasteiger partial charge on any atom is 0.407 e. The molecule has 3 atom stereocenters. The van der Waals surface area contributed by atoms with Crippen molar-refractivity contribution in [2.75, 3.05) is 12.8 Å². The van der Waals surface area contributed by atoms with Gasteiger partial charge in [-0.1, -0.05) is 42.5 Å². The highest BCUT2D eigenvalue weighted by molar-refractivity contribution is 7.86. The zero-order valence-electron chi connectivity index (χ0n) is 15.7. The van der Waals surface area contributed by atoms with Gasteiger partial charge in [-0.25, -0.2) is 13.6 Å². The summed E-state index contributed by atoms with van der Waals surface area (Å²) in [5, 5.41) is 9.54. The summed E-state index contributed by atoms with van der Waals surface area (Å²) in [5.41, 5.74) is 0.393. The van der Waals surface area contributed by atoms with E-state index in [1.807, 2.05) is 0 Å². The molecule has 1 fully saturated rings.